The lowest BCUT2D eigenvalue weighted by atomic mass is 10.4. The summed E-state index contributed by atoms with van der Waals surface area (Å²) in [7, 11) is 1.79. The van der Waals surface area contributed by atoms with Crippen molar-refractivity contribution in [1.82, 2.24) is 19.5 Å². The number of amides is 1. The molecule has 0 aromatic carbocycles. The molecule has 0 saturated heterocycles. The number of carbonyl (C=O) groups is 1. The number of rotatable bonds is 2. The predicted molar refractivity (Wildman–Crippen MR) is 68.6 cm³/mol. The zero-order valence-corrected chi connectivity index (χ0v) is 11.9. The van der Waals surface area contributed by atoms with Gasteiger partial charge in [0.05, 0.1) is 12.5 Å². The number of nitrogens with zero attached hydrogens (tertiary/aromatic N) is 4. The average Bonchev–Trinajstić information content (AvgIpc) is 2.69. The van der Waals surface area contributed by atoms with Gasteiger partial charge in [-0.2, -0.15) is 0 Å². The Balaban J connectivity index is 2.18. The van der Waals surface area contributed by atoms with E-state index in [0.29, 0.717) is 20.7 Å². The Kier molecular flexibility index (Phi) is 3.53. The minimum Gasteiger partial charge on any atom is -0.340 e. The molecule has 0 radical (unpaired) electrons. The maximum Gasteiger partial charge on any atom is 0.277 e. The van der Waals surface area contributed by atoms with Crippen molar-refractivity contribution in [2.75, 3.05) is 5.32 Å². The second kappa shape index (κ2) is 4.92. The molecule has 0 aliphatic rings. The number of anilines is 1. The van der Waals surface area contributed by atoms with Crippen molar-refractivity contribution in [3.05, 3.63) is 33.6 Å². The van der Waals surface area contributed by atoms with Crippen molar-refractivity contribution in [1.29, 1.82) is 0 Å². The van der Waals surface area contributed by atoms with Crippen LogP contribution in [0.4, 0.5) is 5.82 Å². The third kappa shape index (κ3) is 2.89. The molecule has 1 N–H and O–H groups in total. The Bertz CT molecular complexity index is 568. The van der Waals surface area contributed by atoms with Crippen LogP contribution in [0.2, 0.25) is 0 Å². The summed E-state index contributed by atoms with van der Waals surface area (Å²) in [6, 6.07) is 0. The lowest BCUT2D eigenvalue weighted by Crippen LogP contribution is -2.14. The van der Waals surface area contributed by atoms with Gasteiger partial charge < -0.3 is 9.88 Å². The van der Waals surface area contributed by atoms with Crippen LogP contribution in [0.5, 0.6) is 0 Å². The van der Waals surface area contributed by atoms with Gasteiger partial charge in [-0.3, -0.25) is 4.79 Å². The van der Waals surface area contributed by atoms with E-state index < -0.39 is 0 Å². The Morgan fingerprint density at radius 1 is 1.41 bits per heavy atom. The van der Waals surface area contributed by atoms with Gasteiger partial charge in [-0.25, -0.2) is 15.0 Å². The van der Waals surface area contributed by atoms with E-state index in [2.05, 4.69) is 52.1 Å². The molecule has 0 bridgehead atoms. The minimum atomic E-state index is -0.331. The second-order valence-electron chi connectivity index (χ2n) is 3.21. The Hall–Kier alpha value is -1.28. The molecule has 0 saturated carbocycles. The van der Waals surface area contributed by atoms with E-state index in [4.69, 9.17) is 0 Å². The monoisotopic (exact) mass is 359 g/mol. The first kappa shape index (κ1) is 12.2. The van der Waals surface area contributed by atoms with Crippen LogP contribution in [0.1, 0.15) is 10.5 Å². The lowest BCUT2D eigenvalue weighted by Gasteiger charge is -2.03. The van der Waals surface area contributed by atoms with Crippen molar-refractivity contribution in [3.63, 3.8) is 0 Å². The molecular formula is C9H7Br2N5O. The number of imidazole rings is 1. The molecule has 17 heavy (non-hydrogen) atoms. The van der Waals surface area contributed by atoms with Gasteiger partial charge in [0, 0.05) is 13.2 Å². The average molecular weight is 361 g/mol. The standard InChI is InChI=1S/C9H7Br2N5O/c1-16-3-5(13-4-16)9(17)15-8-7(11)14-6(10)2-12-8/h2-4H,1H3,(H,12,15,17). The molecule has 0 unspecified atom stereocenters. The number of nitrogens with one attached hydrogen (secondary N) is 1. The molecule has 2 rings (SSSR count). The minimum absolute atomic E-state index is 0.323. The summed E-state index contributed by atoms with van der Waals surface area (Å²) >= 11 is 6.39. The number of carbonyl (C=O) groups excluding carboxylic acids is 1. The molecule has 0 aliphatic heterocycles. The molecule has 2 heterocycles. The van der Waals surface area contributed by atoms with Crippen LogP contribution >= 0.6 is 31.9 Å². The maximum atomic E-state index is 11.8. The summed E-state index contributed by atoms with van der Waals surface area (Å²) < 4.78 is 2.73. The topological polar surface area (TPSA) is 72.7 Å². The van der Waals surface area contributed by atoms with Gasteiger partial charge in [-0.05, 0) is 31.9 Å². The lowest BCUT2D eigenvalue weighted by molar-refractivity contribution is 0.102. The number of hydrogen-bond acceptors (Lipinski definition) is 4. The van der Waals surface area contributed by atoms with Crippen LogP contribution < -0.4 is 5.32 Å². The first-order valence-corrected chi connectivity index (χ1v) is 6.12. The highest BCUT2D eigenvalue weighted by molar-refractivity contribution is 9.11. The maximum absolute atomic E-state index is 11.8. The van der Waals surface area contributed by atoms with Crippen LogP contribution in [0.15, 0.2) is 27.9 Å². The summed E-state index contributed by atoms with van der Waals surface area (Å²) in [4.78, 5) is 23.8. The smallest absolute Gasteiger partial charge is 0.277 e. The van der Waals surface area contributed by atoms with Crippen molar-refractivity contribution in [2.45, 2.75) is 0 Å². The highest BCUT2D eigenvalue weighted by Crippen LogP contribution is 2.19. The molecule has 8 heteroatoms. The number of aromatic nitrogens is 4. The molecule has 88 valence electrons. The zero-order chi connectivity index (χ0) is 12.4. The summed E-state index contributed by atoms with van der Waals surface area (Å²) in [6.07, 6.45) is 4.67. The molecule has 0 spiro atoms. The molecule has 1 amide bonds. The molecule has 2 aromatic heterocycles. The third-order valence-corrected chi connectivity index (χ3v) is 2.80. The number of halogens is 2. The SMILES string of the molecule is Cn1cnc(C(=O)Nc2ncc(Br)nc2Br)c1. The molecule has 0 fully saturated rings. The number of aryl methyl sites for hydroxylation is 1. The van der Waals surface area contributed by atoms with E-state index in [-0.39, 0.29) is 5.91 Å². The molecule has 2 aromatic rings. The van der Waals surface area contributed by atoms with Crippen LogP contribution in [0, 0.1) is 0 Å². The van der Waals surface area contributed by atoms with Crippen molar-refractivity contribution >= 4 is 43.6 Å². The molecular weight excluding hydrogens is 354 g/mol. The van der Waals surface area contributed by atoms with Gasteiger partial charge in [0.1, 0.15) is 14.9 Å². The fraction of sp³-hybridized carbons (Fsp3) is 0.111. The van der Waals surface area contributed by atoms with Crippen LogP contribution in [0.3, 0.4) is 0 Å². The van der Waals surface area contributed by atoms with E-state index >= 15 is 0 Å². The first-order chi connectivity index (χ1) is 8.06. The largest absolute Gasteiger partial charge is 0.340 e. The fourth-order valence-corrected chi connectivity index (χ4v) is 2.04. The highest BCUT2D eigenvalue weighted by Gasteiger charge is 2.12. The fourth-order valence-electron chi connectivity index (χ4n) is 1.13. The molecule has 0 aliphatic carbocycles. The Labute approximate surface area is 114 Å². The van der Waals surface area contributed by atoms with Gasteiger partial charge in [-0.1, -0.05) is 0 Å². The first-order valence-electron chi connectivity index (χ1n) is 4.53. The van der Waals surface area contributed by atoms with E-state index in [1.807, 2.05) is 0 Å². The van der Waals surface area contributed by atoms with Crippen LogP contribution in [0.25, 0.3) is 0 Å². The van der Waals surface area contributed by atoms with E-state index in [9.17, 15) is 4.79 Å². The van der Waals surface area contributed by atoms with Gasteiger partial charge >= 0.3 is 0 Å². The van der Waals surface area contributed by atoms with E-state index in [1.165, 1.54) is 6.20 Å². The number of hydrogen-bond donors (Lipinski definition) is 1. The summed E-state index contributed by atoms with van der Waals surface area (Å²) in [5.41, 5.74) is 0.323. The van der Waals surface area contributed by atoms with Gasteiger partial charge in [0.25, 0.3) is 5.91 Å². The Morgan fingerprint density at radius 2 is 2.18 bits per heavy atom. The summed E-state index contributed by atoms with van der Waals surface area (Å²) in [5, 5.41) is 2.61. The van der Waals surface area contributed by atoms with Crippen molar-refractivity contribution in [2.24, 2.45) is 7.05 Å². The van der Waals surface area contributed by atoms with Crippen LogP contribution in [-0.4, -0.2) is 25.4 Å². The van der Waals surface area contributed by atoms with Crippen molar-refractivity contribution in [3.8, 4) is 0 Å². The van der Waals surface area contributed by atoms with Crippen molar-refractivity contribution < 1.29 is 4.79 Å². The highest BCUT2D eigenvalue weighted by atomic mass is 79.9. The zero-order valence-electron chi connectivity index (χ0n) is 8.69. The summed E-state index contributed by atoms with van der Waals surface area (Å²) in [6.45, 7) is 0. The second-order valence-corrected chi connectivity index (χ2v) is 4.77. The Morgan fingerprint density at radius 3 is 2.76 bits per heavy atom. The molecule has 0 atom stereocenters. The quantitative estimate of drug-likeness (QED) is 0.888. The normalized spacial score (nSPS) is 10.3. The predicted octanol–water partition coefficient (Wildman–Crippen LogP) is 1.99. The van der Waals surface area contributed by atoms with Gasteiger partial charge in [0.2, 0.25) is 0 Å². The van der Waals surface area contributed by atoms with Gasteiger partial charge in [-0.15, -0.1) is 0 Å². The third-order valence-electron chi connectivity index (χ3n) is 1.87. The van der Waals surface area contributed by atoms with Crippen LogP contribution in [-0.2, 0) is 7.05 Å². The van der Waals surface area contributed by atoms with E-state index in [0.717, 1.165) is 0 Å². The molecule has 6 nitrogen and oxygen atoms in total. The van der Waals surface area contributed by atoms with E-state index in [1.54, 1.807) is 24.1 Å². The van der Waals surface area contributed by atoms with Gasteiger partial charge in [0.15, 0.2) is 5.82 Å². The summed E-state index contributed by atoms with van der Waals surface area (Å²) in [5.74, 6) is 0.0202.